The van der Waals surface area contributed by atoms with Crippen LogP contribution < -0.4 is 5.43 Å². The van der Waals surface area contributed by atoms with Crippen molar-refractivity contribution in [2.75, 3.05) is 6.54 Å². The number of amides is 1. The summed E-state index contributed by atoms with van der Waals surface area (Å²) in [6, 6.07) is 18.0. The Hall–Kier alpha value is -3.31. The molecule has 0 aromatic heterocycles. The zero-order valence-corrected chi connectivity index (χ0v) is 19.8. The quantitative estimate of drug-likeness (QED) is 0.256. The first-order valence-corrected chi connectivity index (χ1v) is 11.9. The maximum atomic E-state index is 13.2. The minimum atomic E-state index is -4.09. The number of sulfonamides is 1. The van der Waals surface area contributed by atoms with E-state index in [2.05, 4.69) is 10.5 Å². The number of benzene rings is 3. The molecule has 0 radical (unpaired) electrons. The smallest absolute Gasteiger partial charge is 0.272 e. The molecule has 0 saturated carbocycles. The van der Waals surface area contributed by atoms with Crippen LogP contribution in [0.25, 0.3) is 0 Å². The van der Waals surface area contributed by atoms with Crippen LogP contribution in [0.3, 0.4) is 0 Å². The number of carbonyl (C=O) groups is 1. The average molecular weight is 521 g/mol. The Morgan fingerprint density at radius 2 is 1.74 bits per heavy atom. The molecule has 0 heterocycles. The molecule has 34 heavy (non-hydrogen) atoms. The lowest BCUT2D eigenvalue weighted by Gasteiger charge is -2.21. The predicted molar refractivity (Wildman–Crippen MR) is 129 cm³/mol. The van der Waals surface area contributed by atoms with E-state index in [9.17, 15) is 23.3 Å². The summed E-state index contributed by atoms with van der Waals surface area (Å²) < 4.78 is 27.4. The van der Waals surface area contributed by atoms with Crippen LogP contribution in [-0.4, -0.2) is 36.3 Å². The molecule has 0 aliphatic carbocycles. The Morgan fingerprint density at radius 3 is 2.41 bits per heavy atom. The molecule has 0 atom stereocenters. The molecular formula is C22H18Cl2N4O5S. The van der Waals surface area contributed by atoms with E-state index in [1.807, 2.05) is 0 Å². The summed E-state index contributed by atoms with van der Waals surface area (Å²) in [5, 5.41) is 15.6. The van der Waals surface area contributed by atoms with Crippen LogP contribution in [0, 0.1) is 10.1 Å². The van der Waals surface area contributed by atoms with E-state index in [4.69, 9.17) is 23.2 Å². The number of halogens is 2. The van der Waals surface area contributed by atoms with E-state index in [0.717, 1.165) is 10.5 Å². The topological polar surface area (TPSA) is 122 Å². The number of nitro benzene ring substituents is 1. The third kappa shape index (κ3) is 6.61. The molecule has 1 N–H and O–H groups in total. The van der Waals surface area contributed by atoms with E-state index >= 15 is 0 Å². The summed E-state index contributed by atoms with van der Waals surface area (Å²) in [5.74, 6) is -0.741. The summed E-state index contributed by atoms with van der Waals surface area (Å²) in [7, 11) is -4.09. The van der Waals surface area contributed by atoms with Crippen molar-refractivity contribution in [3.63, 3.8) is 0 Å². The van der Waals surface area contributed by atoms with Gasteiger partial charge in [-0.1, -0.05) is 47.5 Å². The van der Waals surface area contributed by atoms with Gasteiger partial charge in [0.2, 0.25) is 10.0 Å². The van der Waals surface area contributed by atoms with Crippen LogP contribution in [-0.2, 0) is 21.4 Å². The van der Waals surface area contributed by atoms with Crippen molar-refractivity contribution in [2.24, 2.45) is 5.10 Å². The Labute approximate surface area is 205 Å². The van der Waals surface area contributed by atoms with Crippen LogP contribution in [0.15, 0.2) is 82.8 Å². The lowest BCUT2D eigenvalue weighted by molar-refractivity contribution is -0.385. The molecule has 9 nitrogen and oxygen atoms in total. The van der Waals surface area contributed by atoms with Crippen molar-refractivity contribution in [1.29, 1.82) is 0 Å². The Balaban J connectivity index is 1.81. The molecule has 0 aliphatic rings. The lowest BCUT2D eigenvalue weighted by atomic mass is 10.2. The molecule has 12 heteroatoms. The van der Waals surface area contributed by atoms with Gasteiger partial charge in [0.05, 0.1) is 28.1 Å². The van der Waals surface area contributed by atoms with Crippen LogP contribution in [0.4, 0.5) is 5.69 Å². The molecule has 3 aromatic rings. The minimum absolute atomic E-state index is 0.0462. The number of hydrazone groups is 1. The fourth-order valence-corrected chi connectivity index (χ4v) is 4.68. The van der Waals surface area contributed by atoms with Gasteiger partial charge in [0.25, 0.3) is 11.6 Å². The number of carbonyl (C=O) groups excluding carboxylic acids is 1. The first-order chi connectivity index (χ1) is 16.2. The van der Waals surface area contributed by atoms with Crippen LogP contribution in [0.1, 0.15) is 11.1 Å². The molecule has 176 valence electrons. The van der Waals surface area contributed by atoms with Gasteiger partial charge in [0, 0.05) is 22.7 Å². The number of rotatable bonds is 9. The summed E-state index contributed by atoms with van der Waals surface area (Å²) in [6.45, 7) is -0.696. The lowest BCUT2D eigenvalue weighted by Crippen LogP contribution is -2.39. The second kappa shape index (κ2) is 11.2. The fraction of sp³-hybridized carbons (Fsp3) is 0.0909. The highest BCUT2D eigenvalue weighted by Crippen LogP contribution is 2.21. The molecule has 3 rings (SSSR count). The Kier molecular flexibility index (Phi) is 8.35. The van der Waals surface area contributed by atoms with Crippen molar-refractivity contribution in [3.8, 4) is 0 Å². The average Bonchev–Trinajstić information content (AvgIpc) is 2.79. The highest BCUT2D eigenvalue weighted by molar-refractivity contribution is 7.89. The van der Waals surface area contributed by atoms with Crippen molar-refractivity contribution >= 4 is 51.0 Å². The van der Waals surface area contributed by atoms with Crippen LogP contribution in [0.5, 0.6) is 0 Å². The van der Waals surface area contributed by atoms with Gasteiger partial charge < -0.3 is 0 Å². The Morgan fingerprint density at radius 1 is 1.03 bits per heavy atom. The summed E-state index contributed by atoms with van der Waals surface area (Å²) in [6.07, 6.45) is 1.12. The van der Waals surface area contributed by atoms with E-state index in [1.165, 1.54) is 42.5 Å². The van der Waals surface area contributed by atoms with Crippen molar-refractivity contribution in [3.05, 3.63) is 104 Å². The highest BCUT2D eigenvalue weighted by atomic mass is 35.5. The minimum Gasteiger partial charge on any atom is -0.272 e. The number of nitro groups is 1. The zero-order chi connectivity index (χ0) is 24.7. The zero-order valence-electron chi connectivity index (χ0n) is 17.5. The number of para-hydroxylation sites is 1. The fourth-order valence-electron chi connectivity index (χ4n) is 2.95. The Bertz CT molecular complexity index is 1330. The molecule has 3 aromatic carbocycles. The van der Waals surface area contributed by atoms with E-state index in [-0.39, 0.29) is 22.7 Å². The monoisotopic (exact) mass is 520 g/mol. The van der Waals surface area contributed by atoms with Gasteiger partial charge >= 0.3 is 0 Å². The van der Waals surface area contributed by atoms with E-state index < -0.39 is 27.4 Å². The van der Waals surface area contributed by atoms with Crippen molar-refractivity contribution in [1.82, 2.24) is 9.73 Å². The second-order valence-corrected chi connectivity index (χ2v) is 9.78. The van der Waals surface area contributed by atoms with Crippen molar-refractivity contribution < 1.29 is 18.1 Å². The highest BCUT2D eigenvalue weighted by Gasteiger charge is 2.27. The molecule has 0 unspecified atom stereocenters. The molecule has 1 amide bonds. The van der Waals surface area contributed by atoms with Gasteiger partial charge in [0.15, 0.2) is 0 Å². The van der Waals surface area contributed by atoms with Gasteiger partial charge in [-0.2, -0.15) is 9.41 Å². The maximum Gasteiger partial charge on any atom is 0.278 e. The summed E-state index contributed by atoms with van der Waals surface area (Å²) >= 11 is 11.9. The van der Waals surface area contributed by atoms with Crippen molar-refractivity contribution in [2.45, 2.75) is 11.4 Å². The maximum absolute atomic E-state index is 13.2. The number of hydrogen-bond acceptors (Lipinski definition) is 6. The second-order valence-electron chi connectivity index (χ2n) is 6.97. The molecular weight excluding hydrogens is 503 g/mol. The third-order valence-corrected chi connectivity index (χ3v) is 6.84. The molecule has 0 saturated heterocycles. The number of nitrogens with zero attached hydrogens (tertiary/aromatic N) is 3. The van der Waals surface area contributed by atoms with Crippen LogP contribution in [0.2, 0.25) is 10.0 Å². The van der Waals surface area contributed by atoms with Gasteiger partial charge in [0.1, 0.15) is 0 Å². The van der Waals surface area contributed by atoms with E-state index in [0.29, 0.717) is 15.6 Å². The standard InChI is InChI=1S/C22H18Cl2N4O5S/c23-18-8-10-20(11-9-18)34(32,33)27(14-16-4-3-6-19(24)12-16)15-22(29)26-25-13-17-5-1-2-7-21(17)28(30)31/h1-13H,14-15H2,(H,26,29)/b25-13-. The van der Waals surface area contributed by atoms with E-state index in [1.54, 1.807) is 30.3 Å². The van der Waals surface area contributed by atoms with Crippen LogP contribution >= 0.6 is 23.2 Å². The normalized spacial score (nSPS) is 11.6. The first kappa shape index (κ1) is 25.3. The number of hydrogen-bond donors (Lipinski definition) is 1. The van der Waals surface area contributed by atoms with Gasteiger partial charge in [-0.3, -0.25) is 14.9 Å². The predicted octanol–water partition coefficient (Wildman–Crippen LogP) is 4.24. The van der Waals surface area contributed by atoms with Gasteiger partial charge in [-0.25, -0.2) is 13.8 Å². The third-order valence-electron chi connectivity index (χ3n) is 4.55. The largest absolute Gasteiger partial charge is 0.278 e. The molecule has 0 aliphatic heterocycles. The molecule has 0 spiro atoms. The SMILES string of the molecule is O=C(CN(Cc1cccc(Cl)c1)S(=O)(=O)c1ccc(Cl)cc1)N/N=C\c1ccccc1[N+](=O)[O-]. The molecule has 0 bridgehead atoms. The molecule has 0 fully saturated rings. The number of nitrogens with one attached hydrogen (secondary N) is 1. The van der Waals surface area contributed by atoms with Gasteiger partial charge in [-0.15, -0.1) is 0 Å². The summed E-state index contributed by atoms with van der Waals surface area (Å²) in [4.78, 5) is 23.0. The summed E-state index contributed by atoms with van der Waals surface area (Å²) in [5.41, 5.74) is 2.77. The first-order valence-electron chi connectivity index (χ1n) is 9.72. The van der Waals surface area contributed by atoms with Gasteiger partial charge in [-0.05, 0) is 48.0 Å².